The van der Waals surface area contributed by atoms with Crippen LogP contribution in [0, 0.1) is 17.8 Å². The number of carbonyl (C=O) groups excluding carboxylic acids is 1. The molecule has 1 aromatic carbocycles. The highest BCUT2D eigenvalue weighted by atomic mass is 35.5. The molecule has 0 radical (unpaired) electrons. The Hall–Kier alpha value is -1.02. The maximum Gasteiger partial charge on any atom is 0.227 e. The van der Waals surface area contributed by atoms with Gasteiger partial charge < -0.3 is 5.32 Å². The van der Waals surface area contributed by atoms with E-state index in [-0.39, 0.29) is 11.8 Å². The fourth-order valence-corrected chi connectivity index (χ4v) is 4.01. The first-order valence-electron chi connectivity index (χ1n) is 7.72. The van der Waals surface area contributed by atoms with E-state index < -0.39 is 0 Å². The highest BCUT2D eigenvalue weighted by Gasteiger charge is 2.42. The van der Waals surface area contributed by atoms with Crippen LogP contribution in [0.2, 0.25) is 0 Å². The first-order valence-corrected chi connectivity index (χ1v) is 8.25. The maximum absolute atomic E-state index is 12.4. The molecule has 0 saturated heterocycles. The van der Waals surface area contributed by atoms with Crippen molar-refractivity contribution in [2.45, 2.75) is 38.5 Å². The van der Waals surface area contributed by atoms with E-state index >= 15 is 0 Å². The molecule has 0 heterocycles. The molecule has 1 N–H and O–H groups in total. The predicted octanol–water partition coefficient (Wildman–Crippen LogP) is 4.23. The van der Waals surface area contributed by atoms with Gasteiger partial charge in [-0.05, 0) is 61.6 Å². The summed E-state index contributed by atoms with van der Waals surface area (Å²) >= 11 is 5.73. The summed E-state index contributed by atoms with van der Waals surface area (Å²) in [7, 11) is 0. The Morgan fingerprint density at radius 2 is 2.20 bits per heavy atom. The average Bonchev–Trinajstić information content (AvgIpc) is 3.08. The Morgan fingerprint density at radius 1 is 1.30 bits per heavy atom. The minimum atomic E-state index is 0.228. The smallest absolute Gasteiger partial charge is 0.227 e. The third kappa shape index (κ3) is 3.01. The number of halogens is 1. The molecule has 0 aliphatic heterocycles. The minimum absolute atomic E-state index is 0.228. The van der Waals surface area contributed by atoms with Gasteiger partial charge in [0.15, 0.2) is 0 Å². The van der Waals surface area contributed by atoms with Gasteiger partial charge in [-0.2, -0.15) is 0 Å². The quantitative estimate of drug-likeness (QED) is 0.808. The molecule has 2 nitrogen and oxygen atoms in total. The average molecular weight is 292 g/mol. The van der Waals surface area contributed by atoms with E-state index in [0.29, 0.717) is 11.8 Å². The third-order valence-electron chi connectivity index (χ3n) is 4.87. The normalized spacial score (nSPS) is 27.8. The summed E-state index contributed by atoms with van der Waals surface area (Å²) in [6, 6.07) is 8.17. The number of benzene rings is 1. The number of nitrogens with one attached hydrogen (secondary N) is 1. The predicted molar refractivity (Wildman–Crippen MR) is 83.1 cm³/mol. The van der Waals surface area contributed by atoms with Gasteiger partial charge >= 0.3 is 0 Å². The lowest BCUT2D eigenvalue weighted by molar-refractivity contribution is -0.121. The Balaban J connectivity index is 1.61. The van der Waals surface area contributed by atoms with Gasteiger partial charge in [0.2, 0.25) is 5.91 Å². The molecule has 20 heavy (non-hydrogen) atoms. The fraction of sp³-hybridized carbons (Fsp3) is 0.588. The summed E-state index contributed by atoms with van der Waals surface area (Å²) in [6.45, 7) is 0. The summed E-state index contributed by atoms with van der Waals surface area (Å²) < 4.78 is 0. The molecule has 3 rings (SSSR count). The number of rotatable bonds is 5. The van der Waals surface area contributed by atoms with Crippen molar-refractivity contribution in [3.8, 4) is 0 Å². The molecule has 3 atom stereocenters. The number of fused-ring (bicyclic) bond motifs is 2. The van der Waals surface area contributed by atoms with Crippen LogP contribution in [0.25, 0.3) is 0 Å². The molecular formula is C17H22ClNO. The van der Waals surface area contributed by atoms with Gasteiger partial charge in [-0.3, -0.25) is 4.79 Å². The summed E-state index contributed by atoms with van der Waals surface area (Å²) in [5.74, 6) is 2.61. The van der Waals surface area contributed by atoms with Crippen LogP contribution in [0.15, 0.2) is 24.3 Å². The van der Waals surface area contributed by atoms with E-state index in [0.717, 1.165) is 30.9 Å². The Morgan fingerprint density at radius 3 is 2.90 bits per heavy atom. The van der Waals surface area contributed by atoms with Crippen molar-refractivity contribution in [3.05, 3.63) is 29.8 Å². The van der Waals surface area contributed by atoms with Crippen LogP contribution in [0.3, 0.4) is 0 Å². The van der Waals surface area contributed by atoms with Crippen LogP contribution in [0.1, 0.15) is 37.7 Å². The topological polar surface area (TPSA) is 29.1 Å². The second-order valence-electron chi connectivity index (χ2n) is 6.26. The van der Waals surface area contributed by atoms with Gasteiger partial charge in [-0.25, -0.2) is 0 Å². The number of hydrogen-bond acceptors (Lipinski definition) is 1. The van der Waals surface area contributed by atoms with Crippen molar-refractivity contribution in [2.75, 3.05) is 11.2 Å². The number of carbonyl (C=O) groups is 1. The van der Waals surface area contributed by atoms with Crippen LogP contribution < -0.4 is 5.32 Å². The van der Waals surface area contributed by atoms with Crippen molar-refractivity contribution in [3.63, 3.8) is 0 Å². The fourth-order valence-electron chi connectivity index (χ4n) is 3.88. The summed E-state index contributed by atoms with van der Waals surface area (Å²) in [6.07, 6.45) is 6.91. The second-order valence-corrected chi connectivity index (χ2v) is 6.64. The van der Waals surface area contributed by atoms with Crippen molar-refractivity contribution >= 4 is 23.2 Å². The number of aryl methyl sites for hydroxylation is 1. The van der Waals surface area contributed by atoms with Gasteiger partial charge in [0.05, 0.1) is 0 Å². The monoisotopic (exact) mass is 291 g/mol. The molecule has 2 aliphatic rings. The highest BCUT2D eigenvalue weighted by molar-refractivity contribution is 6.17. The molecule has 108 valence electrons. The molecule has 1 aromatic rings. The molecule has 3 unspecified atom stereocenters. The lowest BCUT2D eigenvalue weighted by Gasteiger charge is -2.21. The summed E-state index contributed by atoms with van der Waals surface area (Å²) in [5.41, 5.74) is 2.18. The summed E-state index contributed by atoms with van der Waals surface area (Å²) in [4.78, 5) is 12.4. The second kappa shape index (κ2) is 6.17. The maximum atomic E-state index is 12.4. The van der Waals surface area contributed by atoms with Crippen LogP contribution in [-0.4, -0.2) is 11.8 Å². The summed E-state index contributed by atoms with van der Waals surface area (Å²) in [5, 5.41) is 3.11. The van der Waals surface area contributed by atoms with Crippen LogP contribution in [0.4, 0.5) is 5.69 Å². The van der Waals surface area contributed by atoms with Gasteiger partial charge in [-0.1, -0.05) is 18.6 Å². The van der Waals surface area contributed by atoms with Crippen LogP contribution in [0.5, 0.6) is 0 Å². The van der Waals surface area contributed by atoms with Gasteiger partial charge in [-0.15, -0.1) is 11.6 Å². The van der Waals surface area contributed by atoms with E-state index in [2.05, 4.69) is 17.4 Å². The molecule has 1 amide bonds. The van der Waals surface area contributed by atoms with E-state index in [1.165, 1.54) is 24.8 Å². The molecule has 2 fully saturated rings. The molecule has 2 saturated carbocycles. The van der Waals surface area contributed by atoms with Crippen molar-refractivity contribution < 1.29 is 4.79 Å². The highest BCUT2D eigenvalue weighted by Crippen LogP contribution is 2.48. The van der Waals surface area contributed by atoms with E-state index in [1.807, 2.05) is 12.1 Å². The SMILES string of the molecule is O=C(Nc1cccc(CCCCl)c1)C1CC2CCC1C2. The van der Waals surface area contributed by atoms with Crippen LogP contribution in [-0.2, 0) is 11.2 Å². The molecule has 0 aromatic heterocycles. The minimum Gasteiger partial charge on any atom is -0.326 e. The molecular weight excluding hydrogens is 270 g/mol. The van der Waals surface area contributed by atoms with E-state index in [4.69, 9.17) is 11.6 Å². The molecule has 2 aliphatic carbocycles. The van der Waals surface area contributed by atoms with Crippen molar-refractivity contribution in [2.24, 2.45) is 17.8 Å². The number of amides is 1. The van der Waals surface area contributed by atoms with E-state index in [9.17, 15) is 4.79 Å². The standard InChI is InChI=1S/C17H22ClNO/c18-8-2-4-12-3-1-5-15(10-12)19-17(20)16-11-13-6-7-14(16)9-13/h1,3,5,10,13-14,16H,2,4,6-9,11H2,(H,19,20). The van der Waals surface area contributed by atoms with Gasteiger partial charge in [0.25, 0.3) is 0 Å². The largest absolute Gasteiger partial charge is 0.326 e. The van der Waals surface area contributed by atoms with Crippen molar-refractivity contribution in [1.82, 2.24) is 0 Å². The lowest BCUT2D eigenvalue weighted by Crippen LogP contribution is -2.27. The van der Waals surface area contributed by atoms with Crippen LogP contribution >= 0.6 is 11.6 Å². The Bertz CT molecular complexity index is 488. The van der Waals surface area contributed by atoms with Gasteiger partial charge in [0, 0.05) is 17.5 Å². The molecule has 0 spiro atoms. The zero-order valence-electron chi connectivity index (χ0n) is 11.8. The lowest BCUT2D eigenvalue weighted by atomic mass is 9.88. The number of anilines is 1. The Kier molecular flexibility index (Phi) is 4.30. The number of hydrogen-bond donors (Lipinski definition) is 1. The molecule has 2 bridgehead atoms. The Labute approximate surface area is 125 Å². The first kappa shape index (κ1) is 13.9. The van der Waals surface area contributed by atoms with Gasteiger partial charge in [0.1, 0.15) is 0 Å². The third-order valence-corrected chi connectivity index (χ3v) is 5.14. The van der Waals surface area contributed by atoms with E-state index in [1.54, 1.807) is 0 Å². The first-order chi connectivity index (χ1) is 9.76. The molecule has 3 heteroatoms. The zero-order chi connectivity index (χ0) is 13.9. The van der Waals surface area contributed by atoms with Crippen molar-refractivity contribution in [1.29, 1.82) is 0 Å². The number of alkyl halides is 1. The zero-order valence-corrected chi connectivity index (χ0v) is 12.5.